The summed E-state index contributed by atoms with van der Waals surface area (Å²) < 4.78 is 98.4. The Morgan fingerprint density at radius 2 is 1.64 bits per heavy atom. The highest BCUT2D eigenvalue weighted by Crippen LogP contribution is 2.61. The highest BCUT2D eigenvalue weighted by Gasteiger charge is 2.74. The van der Waals surface area contributed by atoms with Crippen LogP contribution in [-0.4, -0.2) is 43.1 Å². The highest BCUT2D eigenvalue weighted by atomic mass is 19.4. The molecule has 9 heteroatoms. The van der Waals surface area contributed by atoms with Crippen molar-refractivity contribution >= 4 is 0 Å². The lowest BCUT2D eigenvalue weighted by Gasteiger charge is -2.45. The van der Waals surface area contributed by atoms with Gasteiger partial charge in [0.05, 0.1) is 12.2 Å². The van der Waals surface area contributed by atoms with Crippen molar-refractivity contribution in [2.75, 3.05) is 6.61 Å². The molecular weight excluding hydrogens is 390 g/mol. The second kappa shape index (κ2) is 7.61. The maximum atomic E-state index is 13.8. The topological polar surface area (TPSA) is 27.7 Å². The van der Waals surface area contributed by atoms with E-state index in [0.717, 1.165) is 19.8 Å². The first kappa shape index (κ1) is 22.2. The van der Waals surface area contributed by atoms with Gasteiger partial charge in [0.2, 0.25) is 0 Å². The molecule has 2 saturated carbocycles. The van der Waals surface area contributed by atoms with E-state index >= 15 is 0 Å². The molecular formula is C19H28F6O3. The first-order valence-electron chi connectivity index (χ1n) is 9.98. The predicted molar refractivity (Wildman–Crippen MR) is 88.4 cm³/mol. The first-order valence-corrected chi connectivity index (χ1v) is 9.98. The zero-order chi connectivity index (χ0) is 20.9. The van der Waals surface area contributed by atoms with Crippen LogP contribution in [0.3, 0.4) is 0 Å². The van der Waals surface area contributed by atoms with Crippen molar-refractivity contribution in [2.45, 2.75) is 89.3 Å². The van der Waals surface area contributed by atoms with Crippen LogP contribution in [0.4, 0.5) is 26.3 Å². The third-order valence-corrected chi connectivity index (χ3v) is 6.77. The van der Waals surface area contributed by atoms with Crippen LogP contribution in [-0.2, 0) is 14.2 Å². The molecule has 0 amide bonds. The van der Waals surface area contributed by atoms with Gasteiger partial charge in [0, 0.05) is 6.61 Å². The van der Waals surface area contributed by atoms with Gasteiger partial charge in [-0.15, -0.1) is 0 Å². The van der Waals surface area contributed by atoms with Gasteiger partial charge in [-0.05, 0) is 76.5 Å². The number of hydrogen-bond donors (Lipinski definition) is 0. The lowest BCUT2D eigenvalue weighted by Crippen LogP contribution is -2.61. The summed E-state index contributed by atoms with van der Waals surface area (Å²) in [6.07, 6.45) is -11.4. The van der Waals surface area contributed by atoms with Crippen LogP contribution in [0.15, 0.2) is 0 Å². The Labute approximate surface area is 161 Å². The fourth-order valence-electron chi connectivity index (χ4n) is 5.63. The predicted octanol–water partition coefficient (Wildman–Crippen LogP) is 5.48. The molecule has 7 atom stereocenters. The smallest absolute Gasteiger partial charge is 0.375 e. The minimum Gasteiger partial charge on any atom is -0.375 e. The molecule has 7 unspecified atom stereocenters. The molecule has 3 aliphatic rings. The summed E-state index contributed by atoms with van der Waals surface area (Å²) in [6, 6.07) is 0. The van der Waals surface area contributed by atoms with E-state index in [4.69, 9.17) is 9.47 Å². The molecule has 164 valence electrons. The number of halogens is 6. The van der Waals surface area contributed by atoms with Crippen LogP contribution < -0.4 is 0 Å². The van der Waals surface area contributed by atoms with Crippen LogP contribution >= 0.6 is 0 Å². The number of fused-ring (bicyclic) bond motifs is 5. The molecule has 2 aliphatic carbocycles. The van der Waals surface area contributed by atoms with Crippen LogP contribution in [0.2, 0.25) is 0 Å². The molecule has 0 radical (unpaired) electrons. The second-order valence-corrected chi connectivity index (χ2v) is 8.48. The summed E-state index contributed by atoms with van der Waals surface area (Å²) in [6.45, 7) is 4.41. The van der Waals surface area contributed by atoms with Crippen molar-refractivity contribution in [1.82, 2.24) is 0 Å². The Morgan fingerprint density at radius 3 is 2.21 bits per heavy atom. The standard InChI is InChI=1S/C19H28F6O3/c1-4-26-11(3)28-17(18(20,21)22,19(23,24)25)9-13-7-12-8-15(13)16-14(12)6-5-10(2)27-16/h10-16H,4-9H2,1-3H3. The summed E-state index contributed by atoms with van der Waals surface area (Å²) in [5.41, 5.74) is -4.24. The van der Waals surface area contributed by atoms with E-state index in [1.165, 1.54) is 6.92 Å². The van der Waals surface area contributed by atoms with Gasteiger partial charge in [0.25, 0.3) is 5.60 Å². The summed E-state index contributed by atoms with van der Waals surface area (Å²) in [4.78, 5) is 0. The third kappa shape index (κ3) is 3.78. The molecule has 28 heavy (non-hydrogen) atoms. The average Bonchev–Trinajstić information content (AvgIpc) is 3.10. The Kier molecular flexibility index (Phi) is 6.02. The Balaban J connectivity index is 1.86. The van der Waals surface area contributed by atoms with E-state index in [-0.39, 0.29) is 36.6 Å². The zero-order valence-corrected chi connectivity index (χ0v) is 16.3. The lowest BCUT2D eigenvalue weighted by atomic mass is 9.72. The van der Waals surface area contributed by atoms with Crippen molar-refractivity contribution in [3.63, 3.8) is 0 Å². The molecule has 1 heterocycles. The fraction of sp³-hybridized carbons (Fsp3) is 1.00. The van der Waals surface area contributed by atoms with Crippen LogP contribution in [0.5, 0.6) is 0 Å². The van der Waals surface area contributed by atoms with Gasteiger partial charge < -0.3 is 14.2 Å². The quantitative estimate of drug-likeness (QED) is 0.422. The van der Waals surface area contributed by atoms with Crippen LogP contribution in [0.1, 0.15) is 52.9 Å². The molecule has 3 fully saturated rings. The molecule has 3 nitrogen and oxygen atoms in total. The van der Waals surface area contributed by atoms with Gasteiger partial charge in [0.15, 0.2) is 6.29 Å². The van der Waals surface area contributed by atoms with E-state index in [0.29, 0.717) is 12.8 Å². The number of ether oxygens (including phenoxy) is 3. The van der Waals surface area contributed by atoms with E-state index < -0.39 is 36.6 Å². The molecule has 0 aromatic rings. The normalized spacial score (nSPS) is 37.2. The van der Waals surface area contributed by atoms with E-state index in [1.54, 1.807) is 0 Å². The van der Waals surface area contributed by atoms with Crippen molar-refractivity contribution in [2.24, 2.45) is 23.7 Å². The molecule has 1 aliphatic heterocycles. The largest absolute Gasteiger partial charge is 0.426 e. The van der Waals surface area contributed by atoms with Gasteiger partial charge in [-0.2, -0.15) is 26.3 Å². The first-order chi connectivity index (χ1) is 12.9. The van der Waals surface area contributed by atoms with Crippen molar-refractivity contribution < 1.29 is 40.6 Å². The van der Waals surface area contributed by atoms with Gasteiger partial charge in [0.1, 0.15) is 0 Å². The molecule has 1 saturated heterocycles. The van der Waals surface area contributed by atoms with Crippen molar-refractivity contribution in [3.05, 3.63) is 0 Å². The van der Waals surface area contributed by atoms with Gasteiger partial charge in [-0.1, -0.05) is 0 Å². The number of alkyl halides is 6. The SMILES string of the molecule is CCOC(C)OC(CC1CC2CC1C1OC(C)CCC21)(C(F)(F)F)C(F)(F)F. The zero-order valence-electron chi connectivity index (χ0n) is 16.3. The Hall–Kier alpha value is -0.540. The van der Waals surface area contributed by atoms with Crippen molar-refractivity contribution in [1.29, 1.82) is 0 Å². The Morgan fingerprint density at radius 1 is 1.00 bits per heavy atom. The van der Waals surface area contributed by atoms with Crippen molar-refractivity contribution in [3.8, 4) is 0 Å². The van der Waals surface area contributed by atoms with E-state index in [1.807, 2.05) is 6.92 Å². The Bertz CT molecular complexity index is 535. The summed E-state index contributed by atoms with van der Waals surface area (Å²) in [5.74, 6) is -0.635. The molecule has 0 N–H and O–H groups in total. The average molecular weight is 418 g/mol. The monoisotopic (exact) mass is 418 g/mol. The minimum absolute atomic E-state index is 0.00883. The third-order valence-electron chi connectivity index (χ3n) is 6.77. The molecule has 2 bridgehead atoms. The summed E-state index contributed by atoms with van der Waals surface area (Å²) >= 11 is 0. The summed E-state index contributed by atoms with van der Waals surface area (Å²) in [5, 5.41) is 0. The molecule has 3 rings (SSSR count). The maximum absolute atomic E-state index is 13.8. The van der Waals surface area contributed by atoms with Gasteiger partial charge in [-0.25, -0.2) is 0 Å². The molecule has 0 aromatic carbocycles. The van der Waals surface area contributed by atoms with Crippen LogP contribution in [0.25, 0.3) is 0 Å². The summed E-state index contributed by atoms with van der Waals surface area (Å²) in [7, 11) is 0. The highest BCUT2D eigenvalue weighted by molar-refractivity contribution is 5.07. The minimum atomic E-state index is -5.60. The fourth-order valence-corrected chi connectivity index (χ4v) is 5.63. The maximum Gasteiger partial charge on any atom is 0.426 e. The van der Waals surface area contributed by atoms with E-state index in [9.17, 15) is 26.3 Å². The van der Waals surface area contributed by atoms with E-state index in [2.05, 4.69) is 4.74 Å². The molecule has 0 spiro atoms. The van der Waals surface area contributed by atoms with Crippen LogP contribution in [0, 0.1) is 23.7 Å². The number of hydrogen-bond acceptors (Lipinski definition) is 3. The lowest BCUT2D eigenvalue weighted by molar-refractivity contribution is -0.412. The van der Waals surface area contributed by atoms with Gasteiger partial charge >= 0.3 is 12.4 Å². The second-order valence-electron chi connectivity index (χ2n) is 8.48. The number of rotatable bonds is 6. The molecule has 0 aromatic heterocycles. The van der Waals surface area contributed by atoms with Gasteiger partial charge in [-0.3, -0.25) is 0 Å².